The molecule has 0 aliphatic carbocycles. The number of methoxy groups -OCH3 is 1. The van der Waals surface area contributed by atoms with Gasteiger partial charge in [-0.05, 0) is 53.8 Å². The lowest BCUT2D eigenvalue weighted by Gasteiger charge is -2.29. The van der Waals surface area contributed by atoms with E-state index in [-0.39, 0.29) is 11.5 Å². The summed E-state index contributed by atoms with van der Waals surface area (Å²) in [5, 5.41) is 9.12. The monoisotopic (exact) mass is 339 g/mol. The average Bonchev–Trinajstić information content (AvgIpc) is 2.65. The van der Waals surface area contributed by atoms with Crippen molar-refractivity contribution in [3.05, 3.63) is 64.7 Å². The molecule has 0 atom stereocenters. The van der Waals surface area contributed by atoms with Gasteiger partial charge in [-0.1, -0.05) is 18.2 Å². The molecule has 0 unspecified atom stereocenters. The van der Waals surface area contributed by atoms with Gasteiger partial charge in [0.2, 0.25) is 5.91 Å². The van der Waals surface area contributed by atoms with Gasteiger partial charge in [0.25, 0.3) is 0 Å². The van der Waals surface area contributed by atoms with Gasteiger partial charge in [-0.3, -0.25) is 4.79 Å². The lowest BCUT2D eigenvalue weighted by atomic mass is 9.97. The zero-order valence-corrected chi connectivity index (χ0v) is 14.2. The maximum atomic E-state index is 12.5. The number of carboxylic acids is 1. The van der Waals surface area contributed by atoms with Crippen LogP contribution in [0.25, 0.3) is 0 Å². The van der Waals surface area contributed by atoms with Gasteiger partial charge in [-0.25, -0.2) is 4.79 Å². The Morgan fingerprint density at radius 2 is 1.88 bits per heavy atom. The van der Waals surface area contributed by atoms with E-state index in [9.17, 15) is 9.59 Å². The van der Waals surface area contributed by atoms with Crippen LogP contribution in [-0.2, 0) is 24.2 Å². The second-order valence-corrected chi connectivity index (χ2v) is 6.20. The van der Waals surface area contributed by atoms with Crippen molar-refractivity contribution in [3.8, 4) is 5.75 Å². The van der Waals surface area contributed by atoms with Crippen molar-refractivity contribution in [2.24, 2.45) is 0 Å². The number of carbonyl (C=O) groups is 2. The number of aromatic carboxylic acids is 1. The lowest BCUT2D eigenvalue weighted by Crippen LogP contribution is -2.36. The minimum Gasteiger partial charge on any atom is -0.497 e. The third kappa shape index (κ3) is 3.99. The van der Waals surface area contributed by atoms with E-state index in [2.05, 4.69) is 0 Å². The van der Waals surface area contributed by atoms with Crippen LogP contribution in [0.15, 0.2) is 42.5 Å². The van der Waals surface area contributed by atoms with Crippen LogP contribution >= 0.6 is 0 Å². The van der Waals surface area contributed by atoms with Crippen LogP contribution < -0.4 is 4.74 Å². The zero-order chi connectivity index (χ0) is 17.8. The summed E-state index contributed by atoms with van der Waals surface area (Å²) in [5.41, 5.74) is 3.43. The van der Waals surface area contributed by atoms with Crippen molar-refractivity contribution in [3.63, 3.8) is 0 Å². The Morgan fingerprint density at radius 1 is 1.12 bits per heavy atom. The summed E-state index contributed by atoms with van der Waals surface area (Å²) in [7, 11) is 1.63. The molecule has 0 saturated heterocycles. The van der Waals surface area contributed by atoms with Crippen LogP contribution in [0.3, 0.4) is 0 Å². The molecule has 0 aromatic heterocycles. The molecule has 130 valence electrons. The highest BCUT2D eigenvalue weighted by atomic mass is 16.5. The van der Waals surface area contributed by atoms with E-state index in [0.717, 1.165) is 28.9 Å². The van der Waals surface area contributed by atoms with Gasteiger partial charge in [0, 0.05) is 19.5 Å². The summed E-state index contributed by atoms with van der Waals surface area (Å²) in [6.07, 6.45) is 1.89. The van der Waals surface area contributed by atoms with E-state index in [1.807, 2.05) is 35.2 Å². The molecule has 1 N–H and O–H groups in total. The van der Waals surface area contributed by atoms with Gasteiger partial charge >= 0.3 is 5.97 Å². The Balaban J connectivity index is 1.61. The average molecular weight is 339 g/mol. The van der Waals surface area contributed by atoms with E-state index in [4.69, 9.17) is 9.84 Å². The van der Waals surface area contributed by atoms with Crippen LogP contribution in [0.2, 0.25) is 0 Å². The Labute approximate surface area is 146 Å². The van der Waals surface area contributed by atoms with Gasteiger partial charge < -0.3 is 14.7 Å². The number of ether oxygens (including phenoxy) is 1. The molecule has 0 bridgehead atoms. The van der Waals surface area contributed by atoms with Gasteiger partial charge in [0.05, 0.1) is 12.7 Å². The summed E-state index contributed by atoms with van der Waals surface area (Å²) in [4.78, 5) is 25.4. The molecule has 5 heteroatoms. The largest absolute Gasteiger partial charge is 0.497 e. The van der Waals surface area contributed by atoms with E-state index < -0.39 is 5.97 Å². The number of amides is 1. The Morgan fingerprint density at radius 3 is 2.56 bits per heavy atom. The smallest absolute Gasteiger partial charge is 0.335 e. The minimum absolute atomic E-state index is 0.0993. The van der Waals surface area contributed by atoms with Crippen LogP contribution in [0.5, 0.6) is 5.75 Å². The number of aryl methyl sites for hydroxylation is 1. The van der Waals surface area contributed by atoms with Crippen LogP contribution in [-0.4, -0.2) is 35.5 Å². The van der Waals surface area contributed by atoms with Crippen LogP contribution in [0.1, 0.15) is 33.5 Å². The molecule has 25 heavy (non-hydrogen) atoms. The second kappa shape index (κ2) is 7.38. The van der Waals surface area contributed by atoms with Crippen molar-refractivity contribution in [2.45, 2.75) is 25.8 Å². The highest BCUT2D eigenvalue weighted by Gasteiger charge is 2.21. The molecule has 2 aromatic carbocycles. The van der Waals surface area contributed by atoms with Gasteiger partial charge in [0.15, 0.2) is 0 Å². The Kier molecular flexibility index (Phi) is 5.03. The zero-order valence-electron chi connectivity index (χ0n) is 14.2. The van der Waals surface area contributed by atoms with Gasteiger partial charge in [-0.2, -0.15) is 0 Å². The molecule has 2 aromatic rings. The number of hydrogen-bond donors (Lipinski definition) is 1. The number of rotatable bonds is 5. The Bertz CT molecular complexity index is 783. The molecular formula is C20H21NO4. The first-order valence-corrected chi connectivity index (χ1v) is 8.32. The summed E-state index contributed by atoms with van der Waals surface area (Å²) in [6, 6.07) is 12.9. The van der Waals surface area contributed by atoms with E-state index >= 15 is 0 Å². The Hall–Kier alpha value is -2.82. The molecule has 1 heterocycles. The van der Waals surface area contributed by atoms with Gasteiger partial charge in [-0.15, -0.1) is 0 Å². The maximum Gasteiger partial charge on any atom is 0.335 e. The third-order valence-electron chi connectivity index (χ3n) is 4.60. The number of carbonyl (C=O) groups excluding carboxylic acids is 1. The summed E-state index contributed by atoms with van der Waals surface area (Å²) < 4.78 is 5.13. The van der Waals surface area contributed by atoms with Crippen molar-refractivity contribution in [1.82, 2.24) is 4.90 Å². The van der Waals surface area contributed by atoms with E-state index in [1.165, 1.54) is 0 Å². The second-order valence-electron chi connectivity index (χ2n) is 6.20. The first-order chi connectivity index (χ1) is 12.1. The van der Waals surface area contributed by atoms with Crippen molar-refractivity contribution >= 4 is 11.9 Å². The van der Waals surface area contributed by atoms with Crippen molar-refractivity contribution in [2.75, 3.05) is 13.7 Å². The van der Waals surface area contributed by atoms with Crippen molar-refractivity contribution < 1.29 is 19.4 Å². The molecule has 0 radical (unpaired) electrons. The van der Waals surface area contributed by atoms with Gasteiger partial charge in [0.1, 0.15) is 5.75 Å². The number of carboxylic acid groups (broad SMARTS) is 1. The molecule has 3 rings (SSSR count). The number of fused-ring (bicyclic) bond motifs is 1. The summed E-state index contributed by atoms with van der Waals surface area (Å²) >= 11 is 0. The van der Waals surface area contributed by atoms with Crippen LogP contribution in [0, 0.1) is 0 Å². The molecule has 0 spiro atoms. The number of nitrogens with zero attached hydrogens (tertiary/aromatic N) is 1. The molecule has 5 nitrogen and oxygen atoms in total. The van der Waals surface area contributed by atoms with Crippen LogP contribution in [0.4, 0.5) is 0 Å². The lowest BCUT2D eigenvalue weighted by molar-refractivity contribution is -0.132. The molecular weight excluding hydrogens is 318 g/mol. The third-order valence-corrected chi connectivity index (χ3v) is 4.60. The molecule has 1 amide bonds. The minimum atomic E-state index is -0.939. The van der Waals surface area contributed by atoms with E-state index in [0.29, 0.717) is 25.9 Å². The molecule has 1 aliphatic rings. The fourth-order valence-corrected chi connectivity index (χ4v) is 3.10. The first kappa shape index (κ1) is 17.0. The fourth-order valence-electron chi connectivity index (χ4n) is 3.10. The normalized spacial score (nSPS) is 13.2. The van der Waals surface area contributed by atoms with Crippen molar-refractivity contribution in [1.29, 1.82) is 0 Å². The standard InChI is InChI=1S/C20H21NO4/c1-25-18-7-2-14(3-8-18)4-9-19(22)21-11-10-15-5-6-16(20(23)24)12-17(15)13-21/h2-3,5-8,12H,4,9-11,13H2,1H3,(H,23,24). The molecule has 1 aliphatic heterocycles. The molecule has 0 fully saturated rings. The first-order valence-electron chi connectivity index (χ1n) is 8.32. The summed E-state index contributed by atoms with van der Waals surface area (Å²) in [6.45, 7) is 1.17. The summed E-state index contributed by atoms with van der Waals surface area (Å²) in [5.74, 6) is -0.0371. The fraction of sp³-hybridized carbons (Fsp3) is 0.300. The predicted octanol–water partition coefficient (Wildman–Crippen LogP) is 2.91. The number of benzene rings is 2. The highest BCUT2D eigenvalue weighted by molar-refractivity contribution is 5.88. The van der Waals surface area contributed by atoms with E-state index in [1.54, 1.807) is 19.2 Å². The highest BCUT2D eigenvalue weighted by Crippen LogP contribution is 2.21. The molecule has 0 saturated carbocycles. The SMILES string of the molecule is COc1ccc(CCC(=O)N2CCc3ccc(C(=O)O)cc3C2)cc1. The predicted molar refractivity (Wildman–Crippen MR) is 93.8 cm³/mol. The maximum absolute atomic E-state index is 12.5. The quantitative estimate of drug-likeness (QED) is 0.909. The topological polar surface area (TPSA) is 66.8 Å². The number of hydrogen-bond acceptors (Lipinski definition) is 3.